The lowest BCUT2D eigenvalue weighted by Crippen LogP contribution is -1.94. The van der Waals surface area contributed by atoms with Gasteiger partial charge in [-0.15, -0.1) is 17.9 Å². The number of carbonyl (C=O) groups excluding carboxylic acids is 1. The molecule has 1 rings (SSSR count). The fourth-order valence-corrected chi connectivity index (χ4v) is 1.47. The maximum absolute atomic E-state index is 11.3. The minimum atomic E-state index is 0.194. The molecule has 0 atom stereocenters. The van der Waals surface area contributed by atoms with Gasteiger partial charge in [0.25, 0.3) is 0 Å². The number of allylic oxidation sites excluding steroid dienone is 1. The van der Waals surface area contributed by atoms with Gasteiger partial charge < -0.3 is 0 Å². The van der Waals surface area contributed by atoms with E-state index in [0.717, 1.165) is 17.7 Å². The second-order valence-electron chi connectivity index (χ2n) is 2.47. The van der Waals surface area contributed by atoms with Crippen LogP contribution in [-0.4, -0.2) is 10.8 Å². The van der Waals surface area contributed by atoms with Crippen LogP contribution in [0, 0.1) is 0 Å². The molecule has 0 aromatic carbocycles. The molecule has 0 fully saturated rings. The molecule has 0 saturated carbocycles. The van der Waals surface area contributed by atoms with Crippen molar-refractivity contribution in [1.82, 2.24) is 4.98 Å². The van der Waals surface area contributed by atoms with Crippen LogP contribution in [0.15, 0.2) is 24.4 Å². The van der Waals surface area contributed by atoms with Crippen LogP contribution in [0.4, 0.5) is 0 Å². The summed E-state index contributed by atoms with van der Waals surface area (Å²) in [5.74, 6) is 0.194. The van der Waals surface area contributed by atoms with E-state index in [1.165, 1.54) is 11.3 Å². The molecule has 0 aliphatic carbocycles. The number of aromatic nitrogens is 1. The highest BCUT2D eigenvalue weighted by Gasteiger charge is 2.05. The van der Waals surface area contributed by atoms with Crippen molar-refractivity contribution in [2.75, 3.05) is 0 Å². The lowest BCUT2D eigenvalue weighted by atomic mass is 10.1. The second kappa shape index (κ2) is 4.83. The standard InChI is InChI=1S/C9H11NOS/c1-2-3-4-5-8(11)9-6-10-7-12-9/h2,6-7H,1,3-5H2. The molecule has 64 valence electrons. The lowest BCUT2D eigenvalue weighted by molar-refractivity contribution is 0.0984. The average Bonchev–Trinajstić information content (AvgIpc) is 2.56. The van der Waals surface area contributed by atoms with Crippen molar-refractivity contribution in [2.24, 2.45) is 0 Å². The molecule has 0 unspecified atom stereocenters. The van der Waals surface area contributed by atoms with Crippen molar-refractivity contribution in [3.05, 3.63) is 29.2 Å². The molecule has 0 N–H and O–H groups in total. The Morgan fingerprint density at radius 3 is 3.17 bits per heavy atom. The van der Waals surface area contributed by atoms with E-state index < -0.39 is 0 Å². The summed E-state index contributed by atoms with van der Waals surface area (Å²) in [4.78, 5) is 15.9. The molecule has 0 saturated heterocycles. The number of nitrogens with zero attached hydrogens (tertiary/aromatic N) is 1. The molecular weight excluding hydrogens is 170 g/mol. The van der Waals surface area contributed by atoms with Crippen LogP contribution in [0.1, 0.15) is 28.9 Å². The zero-order chi connectivity index (χ0) is 8.81. The molecule has 0 aliphatic rings. The number of carbonyl (C=O) groups is 1. The van der Waals surface area contributed by atoms with E-state index in [-0.39, 0.29) is 5.78 Å². The van der Waals surface area contributed by atoms with Crippen LogP contribution < -0.4 is 0 Å². The first-order valence-electron chi connectivity index (χ1n) is 3.87. The molecule has 1 aromatic rings. The molecule has 0 aliphatic heterocycles. The topological polar surface area (TPSA) is 30.0 Å². The van der Waals surface area contributed by atoms with Gasteiger partial charge in [-0.2, -0.15) is 0 Å². The van der Waals surface area contributed by atoms with E-state index >= 15 is 0 Å². The monoisotopic (exact) mass is 181 g/mol. The summed E-state index contributed by atoms with van der Waals surface area (Å²) < 4.78 is 0. The minimum absolute atomic E-state index is 0.194. The van der Waals surface area contributed by atoms with Gasteiger partial charge in [-0.05, 0) is 12.8 Å². The van der Waals surface area contributed by atoms with Crippen molar-refractivity contribution in [3.8, 4) is 0 Å². The Morgan fingerprint density at radius 2 is 2.58 bits per heavy atom. The van der Waals surface area contributed by atoms with Gasteiger partial charge in [0.1, 0.15) is 0 Å². The number of ketones is 1. The van der Waals surface area contributed by atoms with Crippen LogP contribution in [0.3, 0.4) is 0 Å². The van der Waals surface area contributed by atoms with E-state index in [4.69, 9.17) is 0 Å². The lowest BCUT2D eigenvalue weighted by Gasteiger charge is -1.93. The van der Waals surface area contributed by atoms with E-state index in [9.17, 15) is 4.79 Å². The minimum Gasteiger partial charge on any atom is -0.293 e. The summed E-state index contributed by atoms with van der Waals surface area (Å²) in [5, 5.41) is 0. The molecule has 0 amide bonds. The highest BCUT2D eigenvalue weighted by atomic mass is 32.1. The first kappa shape index (κ1) is 9.13. The summed E-state index contributed by atoms with van der Waals surface area (Å²) in [5.41, 5.74) is 1.68. The van der Waals surface area contributed by atoms with Crippen LogP contribution in [0.25, 0.3) is 0 Å². The summed E-state index contributed by atoms with van der Waals surface area (Å²) in [7, 11) is 0. The van der Waals surface area contributed by atoms with Crippen molar-refractivity contribution >= 4 is 17.1 Å². The van der Waals surface area contributed by atoms with E-state index in [1.807, 2.05) is 6.08 Å². The maximum Gasteiger partial charge on any atom is 0.174 e. The predicted molar refractivity (Wildman–Crippen MR) is 50.5 cm³/mol. The van der Waals surface area contributed by atoms with Crippen molar-refractivity contribution in [2.45, 2.75) is 19.3 Å². The van der Waals surface area contributed by atoms with Crippen molar-refractivity contribution in [3.63, 3.8) is 0 Å². The molecule has 12 heavy (non-hydrogen) atoms. The molecule has 1 heterocycles. The Balaban J connectivity index is 2.34. The summed E-state index contributed by atoms with van der Waals surface area (Å²) >= 11 is 1.40. The smallest absolute Gasteiger partial charge is 0.174 e. The number of hydrogen-bond donors (Lipinski definition) is 0. The fourth-order valence-electron chi connectivity index (χ4n) is 0.884. The number of rotatable bonds is 5. The third-order valence-electron chi connectivity index (χ3n) is 1.52. The van der Waals surface area contributed by atoms with Crippen LogP contribution in [0.5, 0.6) is 0 Å². The van der Waals surface area contributed by atoms with E-state index in [2.05, 4.69) is 11.6 Å². The predicted octanol–water partition coefficient (Wildman–Crippen LogP) is 2.68. The number of hydrogen-bond acceptors (Lipinski definition) is 3. The molecular formula is C9H11NOS. The third kappa shape index (κ3) is 2.58. The number of unbranched alkanes of at least 4 members (excludes halogenated alkanes) is 1. The van der Waals surface area contributed by atoms with Gasteiger partial charge in [-0.3, -0.25) is 9.78 Å². The van der Waals surface area contributed by atoms with Crippen molar-refractivity contribution in [1.29, 1.82) is 0 Å². The largest absolute Gasteiger partial charge is 0.293 e. The first-order chi connectivity index (χ1) is 5.84. The van der Waals surface area contributed by atoms with Crippen LogP contribution in [0.2, 0.25) is 0 Å². The van der Waals surface area contributed by atoms with Gasteiger partial charge in [-0.1, -0.05) is 6.08 Å². The molecule has 3 heteroatoms. The van der Waals surface area contributed by atoms with Crippen LogP contribution in [-0.2, 0) is 0 Å². The van der Waals surface area contributed by atoms with Gasteiger partial charge in [-0.25, -0.2) is 0 Å². The van der Waals surface area contributed by atoms with Crippen molar-refractivity contribution < 1.29 is 4.79 Å². The van der Waals surface area contributed by atoms with Crippen LogP contribution >= 0.6 is 11.3 Å². The molecule has 0 radical (unpaired) electrons. The SMILES string of the molecule is C=CCCCC(=O)c1cncs1. The van der Waals surface area contributed by atoms with Gasteiger partial charge in [0.15, 0.2) is 5.78 Å². The zero-order valence-corrected chi connectivity index (χ0v) is 7.64. The first-order valence-corrected chi connectivity index (χ1v) is 4.75. The van der Waals surface area contributed by atoms with Gasteiger partial charge >= 0.3 is 0 Å². The third-order valence-corrected chi connectivity index (χ3v) is 2.33. The number of thiazole rings is 1. The maximum atomic E-state index is 11.3. The molecule has 1 aromatic heterocycles. The number of Topliss-reactive ketones (excluding diaryl/α,β-unsaturated/α-hetero) is 1. The summed E-state index contributed by atoms with van der Waals surface area (Å²) in [6.45, 7) is 3.60. The molecule has 0 bridgehead atoms. The quantitative estimate of drug-likeness (QED) is 0.397. The zero-order valence-electron chi connectivity index (χ0n) is 6.82. The van der Waals surface area contributed by atoms with Gasteiger partial charge in [0.05, 0.1) is 10.4 Å². The molecule has 2 nitrogen and oxygen atoms in total. The normalized spacial score (nSPS) is 9.67. The highest BCUT2D eigenvalue weighted by molar-refractivity contribution is 7.11. The Hall–Kier alpha value is -0.960. The van der Waals surface area contributed by atoms with Gasteiger partial charge in [0.2, 0.25) is 0 Å². The fraction of sp³-hybridized carbons (Fsp3) is 0.333. The Bertz CT molecular complexity index is 254. The van der Waals surface area contributed by atoms with E-state index in [1.54, 1.807) is 11.7 Å². The Labute approximate surface area is 76.0 Å². The Kier molecular flexibility index (Phi) is 3.67. The highest BCUT2D eigenvalue weighted by Crippen LogP contribution is 2.10. The van der Waals surface area contributed by atoms with E-state index in [0.29, 0.717) is 6.42 Å². The summed E-state index contributed by atoms with van der Waals surface area (Å²) in [6, 6.07) is 0. The molecule has 0 spiro atoms. The second-order valence-corrected chi connectivity index (χ2v) is 3.36. The average molecular weight is 181 g/mol. The van der Waals surface area contributed by atoms with Gasteiger partial charge in [0, 0.05) is 12.6 Å². The summed E-state index contributed by atoms with van der Waals surface area (Å²) in [6.07, 6.45) is 5.86. The Morgan fingerprint density at radius 1 is 1.75 bits per heavy atom.